The summed E-state index contributed by atoms with van der Waals surface area (Å²) < 4.78 is 0. The van der Waals surface area contributed by atoms with E-state index in [1.807, 2.05) is 55.5 Å². The fourth-order valence-corrected chi connectivity index (χ4v) is 1.83. The van der Waals surface area contributed by atoms with Gasteiger partial charge in [-0.15, -0.1) is 0 Å². The van der Waals surface area contributed by atoms with Crippen molar-refractivity contribution >= 4 is 5.91 Å². The van der Waals surface area contributed by atoms with Gasteiger partial charge >= 0.3 is 0 Å². The quantitative estimate of drug-likeness (QED) is 0.881. The second-order valence-electron chi connectivity index (χ2n) is 4.53. The molecule has 3 heteroatoms. The highest BCUT2D eigenvalue weighted by Crippen LogP contribution is 2.06. The summed E-state index contributed by atoms with van der Waals surface area (Å²) in [6.07, 6.45) is 0. The highest BCUT2D eigenvalue weighted by atomic mass is 16.3. The smallest absolute Gasteiger partial charge is 0.251 e. The summed E-state index contributed by atoms with van der Waals surface area (Å²) in [6.45, 7) is 2.46. The molecule has 0 bridgehead atoms. The van der Waals surface area contributed by atoms with Crippen LogP contribution in [0, 0.1) is 6.92 Å². The van der Waals surface area contributed by atoms with Crippen molar-refractivity contribution in [2.24, 2.45) is 0 Å². The monoisotopic (exact) mass is 255 g/mol. The zero-order valence-corrected chi connectivity index (χ0v) is 10.9. The van der Waals surface area contributed by atoms with E-state index in [-0.39, 0.29) is 12.5 Å². The van der Waals surface area contributed by atoms with Crippen LogP contribution in [0.3, 0.4) is 0 Å². The van der Waals surface area contributed by atoms with Crippen LogP contribution in [-0.4, -0.2) is 11.0 Å². The van der Waals surface area contributed by atoms with E-state index in [9.17, 15) is 4.79 Å². The summed E-state index contributed by atoms with van der Waals surface area (Å²) in [5.41, 5.74) is 3.62. The minimum atomic E-state index is -0.0885. The molecule has 0 fully saturated rings. The lowest BCUT2D eigenvalue weighted by atomic mass is 10.1. The predicted octanol–water partition coefficient (Wildman–Crippen LogP) is 2.42. The number of carbonyl (C=O) groups is 1. The lowest BCUT2D eigenvalue weighted by molar-refractivity contribution is 0.0951. The molecule has 0 spiro atoms. The number of aryl methyl sites for hydroxylation is 1. The molecule has 3 nitrogen and oxygen atoms in total. The van der Waals surface area contributed by atoms with Crippen molar-refractivity contribution in [3.63, 3.8) is 0 Å². The number of amides is 1. The maximum atomic E-state index is 11.9. The molecule has 2 rings (SSSR count). The van der Waals surface area contributed by atoms with Crippen LogP contribution in [0.2, 0.25) is 0 Å². The number of rotatable bonds is 4. The molecule has 0 unspecified atom stereocenters. The van der Waals surface area contributed by atoms with Gasteiger partial charge in [-0.25, -0.2) is 0 Å². The second kappa shape index (κ2) is 6.16. The van der Waals surface area contributed by atoms with E-state index >= 15 is 0 Å². The maximum Gasteiger partial charge on any atom is 0.251 e. The largest absolute Gasteiger partial charge is 0.392 e. The lowest BCUT2D eigenvalue weighted by Gasteiger charge is -2.07. The summed E-state index contributed by atoms with van der Waals surface area (Å²) in [7, 11) is 0. The molecule has 0 atom stereocenters. The summed E-state index contributed by atoms with van der Waals surface area (Å²) >= 11 is 0. The van der Waals surface area contributed by atoms with E-state index in [4.69, 9.17) is 5.11 Å². The average Bonchev–Trinajstić information content (AvgIpc) is 2.46. The third-order valence-electron chi connectivity index (χ3n) is 2.94. The summed E-state index contributed by atoms with van der Waals surface area (Å²) in [6, 6.07) is 15.0. The number of aliphatic hydroxyl groups excluding tert-OH is 1. The highest BCUT2D eigenvalue weighted by molar-refractivity contribution is 5.94. The van der Waals surface area contributed by atoms with Crippen LogP contribution in [0.25, 0.3) is 0 Å². The van der Waals surface area contributed by atoms with E-state index < -0.39 is 0 Å². The molecular weight excluding hydrogens is 238 g/mol. The van der Waals surface area contributed by atoms with E-state index in [1.54, 1.807) is 0 Å². The van der Waals surface area contributed by atoms with Crippen molar-refractivity contribution < 1.29 is 9.90 Å². The SMILES string of the molecule is Cc1ccc(C(=O)NCc2cccc(CO)c2)cc1. The van der Waals surface area contributed by atoms with Gasteiger partial charge in [0.25, 0.3) is 5.91 Å². The molecule has 19 heavy (non-hydrogen) atoms. The minimum Gasteiger partial charge on any atom is -0.392 e. The molecule has 1 amide bonds. The van der Waals surface area contributed by atoms with Crippen LogP contribution in [-0.2, 0) is 13.2 Å². The number of aliphatic hydroxyl groups is 1. The van der Waals surface area contributed by atoms with Crippen molar-refractivity contribution in [3.8, 4) is 0 Å². The van der Waals surface area contributed by atoms with Gasteiger partial charge in [-0.3, -0.25) is 4.79 Å². The van der Waals surface area contributed by atoms with Gasteiger partial charge in [0.1, 0.15) is 0 Å². The molecule has 0 saturated heterocycles. The van der Waals surface area contributed by atoms with Gasteiger partial charge in [-0.2, -0.15) is 0 Å². The molecule has 0 heterocycles. The lowest BCUT2D eigenvalue weighted by Crippen LogP contribution is -2.22. The Kier molecular flexibility index (Phi) is 4.31. The predicted molar refractivity (Wildman–Crippen MR) is 74.7 cm³/mol. The number of hydrogen-bond donors (Lipinski definition) is 2. The van der Waals surface area contributed by atoms with Gasteiger partial charge in [-0.05, 0) is 30.2 Å². The number of hydrogen-bond acceptors (Lipinski definition) is 2. The third-order valence-corrected chi connectivity index (χ3v) is 2.94. The molecule has 0 aliphatic heterocycles. The normalized spacial score (nSPS) is 10.2. The minimum absolute atomic E-state index is 0.0136. The Hall–Kier alpha value is -2.13. The molecule has 0 aliphatic carbocycles. The average molecular weight is 255 g/mol. The Morgan fingerprint density at radius 2 is 1.79 bits per heavy atom. The van der Waals surface area contributed by atoms with Gasteiger partial charge in [0, 0.05) is 12.1 Å². The van der Waals surface area contributed by atoms with Gasteiger partial charge in [0.05, 0.1) is 6.61 Å². The van der Waals surface area contributed by atoms with Gasteiger partial charge in [0.2, 0.25) is 0 Å². The summed E-state index contributed by atoms with van der Waals surface area (Å²) in [4.78, 5) is 11.9. The van der Waals surface area contributed by atoms with E-state index in [0.29, 0.717) is 12.1 Å². The Morgan fingerprint density at radius 3 is 2.47 bits per heavy atom. The Bertz CT molecular complexity index is 561. The number of carbonyl (C=O) groups excluding carboxylic acids is 1. The Labute approximate surface area is 112 Å². The molecular formula is C16H17NO2. The molecule has 0 saturated carbocycles. The van der Waals surface area contributed by atoms with Crippen molar-refractivity contribution in [2.75, 3.05) is 0 Å². The first-order valence-corrected chi connectivity index (χ1v) is 6.22. The number of nitrogens with one attached hydrogen (secondary N) is 1. The second-order valence-corrected chi connectivity index (χ2v) is 4.53. The fraction of sp³-hybridized carbons (Fsp3) is 0.188. The fourth-order valence-electron chi connectivity index (χ4n) is 1.83. The standard InChI is InChI=1S/C16H17NO2/c1-12-5-7-15(8-6-12)16(19)17-10-13-3-2-4-14(9-13)11-18/h2-9,18H,10-11H2,1H3,(H,17,19). The molecule has 0 radical (unpaired) electrons. The van der Waals surface area contributed by atoms with E-state index in [1.165, 1.54) is 0 Å². The van der Waals surface area contributed by atoms with Crippen LogP contribution in [0.15, 0.2) is 48.5 Å². The highest BCUT2D eigenvalue weighted by Gasteiger charge is 2.04. The van der Waals surface area contributed by atoms with Crippen LogP contribution in [0.1, 0.15) is 27.0 Å². The number of benzene rings is 2. The zero-order valence-electron chi connectivity index (χ0n) is 10.9. The molecule has 2 N–H and O–H groups in total. The first kappa shape index (κ1) is 13.3. The van der Waals surface area contributed by atoms with Crippen LogP contribution >= 0.6 is 0 Å². The van der Waals surface area contributed by atoms with Crippen LogP contribution < -0.4 is 5.32 Å². The van der Waals surface area contributed by atoms with Crippen molar-refractivity contribution in [3.05, 3.63) is 70.8 Å². The zero-order chi connectivity index (χ0) is 13.7. The van der Waals surface area contributed by atoms with Gasteiger partial charge in [-0.1, -0.05) is 42.0 Å². The van der Waals surface area contributed by atoms with Crippen LogP contribution in [0.5, 0.6) is 0 Å². The Morgan fingerprint density at radius 1 is 1.11 bits per heavy atom. The molecule has 2 aromatic carbocycles. The molecule has 2 aromatic rings. The maximum absolute atomic E-state index is 11.9. The van der Waals surface area contributed by atoms with Gasteiger partial charge < -0.3 is 10.4 Å². The van der Waals surface area contributed by atoms with Crippen LogP contribution in [0.4, 0.5) is 0 Å². The van der Waals surface area contributed by atoms with Crippen molar-refractivity contribution in [1.29, 1.82) is 0 Å². The van der Waals surface area contributed by atoms with E-state index in [0.717, 1.165) is 16.7 Å². The summed E-state index contributed by atoms with van der Waals surface area (Å²) in [5.74, 6) is -0.0885. The molecule has 0 aromatic heterocycles. The topological polar surface area (TPSA) is 49.3 Å². The molecule has 98 valence electrons. The van der Waals surface area contributed by atoms with Gasteiger partial charge in [0.15, 0.2) is 0 Å². The first-order chi connectivity index (χ1) is 9.19. The van der Waals surface area contributed by atoms with Crippen molar-refractivity contribution in [2.45, 2.75) is 20.1 Å². The third kappa shape index (κ3) is 3.66. The van der Waals surface area contributed by atoms with Crippen molar-refractivity contribution in [1.82, 2.24) is 5.32 Å². The first-order valence-electron chi connectivity index (χ1n) is 6.22. The summed E-state index contributed by atoms with van der Waals surface area (Å²) in [5, 5.41) is 11.9. The van der Waals surface area contributed by atoms with E-state index in [2.05, 4.69) is 5.32 Å². The molecule has 0 aliphatic rings. The Balaban J connectivity index is 1.98.